The van der Waals surface area contributed by atoms with Crippen molar-refractivity contribution < 1.29 is 13.9 Å². The summed E-state index contributed by atoms with van der Waals surface area (Å²) in [6.07, 6.45) is 0. The van der Waals surface area contributed by atoms with E-state index in [0.29, 0.717) is 17.0 Å². The minimum absolute atomic E-state index is 0.118. The SMILES string of the molecule is COc1ccccc1-c1c(NC(=O)c2ccccc2F)n(-c2ccc(C)cc2)nc(C)c1=O. The van der Waals surface area contributed by atoms with Crippen molar-refractivity contribution in [3.63, 3.8) is 0 Å². The second kappa shape index (κ2) is 9.08. The number of carbonyl (C=O) groups excluding carboxylic acids is 1. The number of anilines is 1. The van der Waals surface area contributed by atoms with Crippen molar-refractivity contribution in [2.75, 3.05) is 12.4 Å². The van der Waals surface area contributed by atoms with Gasteiger partial charge in [0.1, 0.15) is 23.1 Å². The number of ether oxygens (including phenoxy) is 1. The van der Waals surface area contributed by atoms with Crippen LogP contribution in [-0.2, 0) is 0 Å². The van der Waals surface area contributed by atoms with Crippen LogP contribution in [0.4, 0.5) is 10.2 Å². The predicted molar refractivity (Wildman–Crippen MR) is 126 cm³/mol. The van der Waals surface area contributed by atoms with Crippen LogP contribution in [0, 0.1) is 19.7 Å². The van der Waals surface area contributed by atoms with Crippen molar-refractivity contribution in [3.8, 4) is 22.6 Å². The van der Waals surface area contributed by atoms with Crippen LogP contribution in [0.25, 0.3) is 16.8 Å². The van der Waals surface area contributed by atoms with Gasteiger partial charge in [0.05, 0.1) is 23.9 Å². The van der Waals surface area contributed by atoms with Crippen LogP contribution < -0.4 is 15.5 Å². The molecule has 0 unspecified atom stereocenters. The summed E-state index contributed by atoms with van der Waals surface area (Å²) in [6.45, 7) is 3.56. The van der Waals surface area contributed by atoms with E-state index in [1.807, 2.05) is 31.2 Å². The van der Waals surface area contributed by atoms with E-state index in [1.165, 1.54) is 30.0 Å². The quantitative estimate of drug-likeness (QED) is 0.475. The molecule has 6 nitrogen and oxygen atoms in total. The first-order valence-corrected chi connectivity index (χ1v) is 10.3. The van der Waals surface area contributed by atoms with Gasteiger partial charge in [-0.3, -0.25) is 9.59 Å². The number of halogens is 1. The Hall–Kier alpha value is -4.26. The second-order valence-electron chi connectivity index (χ2n) is 7.52. The van der Waals surface area contributed by atoms with E-state index in [4.69, 9.17) is 4.74 Å². The van der Waals surface area contributed by atoms with Crippen LogP contribution >= 0.6 is 0 Å². The second-order valence-corrected chi connectivity index (χ2v) is 7.52. The van der Waals surface area contributed by atoms with Gasteiger partial charge in [-0.25, -0.2) is 9.07 Å². The zero-order chi connectivity index (χ0) is 23.5. The fourth-order valence-electron chi connectivity index (χ4n) is 3.55. The molecule has 1 aromatic heterocycles. The molecular formula is C26H22FN3O3. The number of para-hydroxylation sites is 1. The van der Waals surface area contributed by atoms with Gasteiger partial charge in [-0.15, -0.1) is 0 Å². The lowest BCUT2D eigenvalue weighted by Crippen LogP contribution is -2.25. The molecule has 0 radical (unpaired) electrons. The summed E-state index contributed by atoms with van der Waals surface area (Å²) >= 11 is 0. The maximum absolute atomic E-state index is 14.3. The molecule has 0 saturated carbocycles. The minimum Gasteiger partial charge on any atom is -0.496 e. The van der Waals surface area contributed by atoms with E-state index in [9.17, 15) is 14.0 Å². The van der Waals surface area contributed by atoms with E-state index in [2.05, 4.69) is 10.4 Å². The van der Waals surface area contributed by atoms with Crippen molar-refractivity contribution in [1.29, 1.82) is 0 Å². The van der Waals surface area contributed by atoms with Crippen molar-refractivity contribution in [1.82, 2.24) is 9.78 Å². The monoisotopic (exact) mass is 443 g/mol. The van der Waals surface area contributed by atoms with Crippen LogP contribution in [0.1, 0.15) is 21.6 Å². The van der Waals surface area contributed by atoms with Crippen LogP contribution in [0.3, 0.4) is 0 Å². The maximum atomic E-state index is 14.3. The summed E-state index contributed by atoms with van der Waals surface area (Å²) in [4.78, 5) is 26.4. The van der Waals surface area contributed by atoms with Gasteiger partial charge in [0.15, 0.2) is 0 Å². The molecule has 166 valence electrons. The lowest BCUT2D eigenvalue weighted by molar-refractivity contribution is 0.102. The topological polar surface area (TPSA) is 73.2 Å². The number of methoxy groups -OCH3 is 1. The molecule has 3 aromatic carbocycles. The molecule has 4 rings (SSSR count). The smallest absolute Gasteiger partial charge is 0.259 e. The molecule has 0 aliphatic carbocycles. The Labute approximate surface area is 190 Å². The summed E-state index contributed by atoms with van der Waals surface area (Å²) in [5, 5.41) is 7.17. The van der Waals surface area contributed by atoms with Gasteiger partial charge in [-0.2, -0.15) is 5.10 Å². The van der Waals surface area contributed by atoms with Crippen LogP contribution in [0.5, 0.6) is 5.75 Å². The first-order valence-electron chi connectivity index (χ1n) is 10.3. The number of hydrogen-bond donors (Lipinski definition) is 1. The highest BCUT2D eigenvalue weighted by Crippen LogP contribution is 2.34. The van der Waals surface area contributed by atoms with Gasteiger partial charge >= 0.3 is 0 Å². The molecule has 0 bridgehead atoms. The van der Waals surface area contributed by atoms with E-state index >= 15 is 0 Å². The van der Waals surface area contributed by atoms with Crippen molar-refractivity contribution in [3.05, 3.63) is 106 Å². The summed E-state index contributed by atoms with van der Waals surface area (Å²) < 4.78 is 21.3. The molecule has 0 aliphatic rings. The highest BCUT2D eigenvalue weighted by Gasteiger charge is 2.23. The number of hydrogen-bond acceptors (Lipinski definition) is 4. The summed E-state index contributed by atoms with van der Waals surface area (Å²) in [5.41, 5.74) is 2.08. The Morgan fingerprint density at radius 3 is 2.33 bits per heavy atom. The number of nitrogens with zero attached hydrogens (tertiary/aromatic N) is 2. The van der Waals surface area contributed by atoms with Crippen molar-refractivity contribution >= 4 is 11.7 Å². The maximum Gasteiger partial charge on any atom is 0.259 e. The summed E-state index contributed by atoms with van der Waals surface area (Å²) in [6, 6.07) is 20.1. The fourth-order valence-corrected chi connectivity index (χ4v) is 3.55. The third-order valence-corrected chi connectivity index (χ3v) is 5.26. The normalized spacial score (nSPS) is 10.7. The lowest BCUT2D eigenvalue weighted by atomic mass is 10.0. The molecule has 0 saturated heterocycles. The number of aromatic nitrogens is 2. The predicted octanol–water partition coefficient (Wildman–Crippen LogP) is 4.92. The Morgan fingerprint density at radius 1 is 0.970 bits per heavy atom. The van der Waals surface area contributed by atoms with E-state index in [1.54, 1.807) is 37.3 Å². The largest absolute Gasteiger partial charge is 0.496 e. The molecule has 0 fully saturated rings. The van der Waals surface area contributed by atoms with E-state index < -0.39 is 11.7 Å². The number of carbonyl (C=O) groups is 1. The highest BCUT2D eigenvalue weighted by molar-refractivity contribution is 6.06. The van der Waals surface area contributed by atoms with Crippen LogP contribution in [-0.4, -0.2) is 22.8 Å². The average molecular weight is 443 g/mol. The first-order chi connectivity index (χ1) is 15.9. The highest BCUT2D eigenvalue weighted by atomic mass is 19.1. The van der Waals surface area contributed by atoms with Crippen LogP contribution in [0.2, 0.25) is 0 Å². The number of nitrogens with one attached hydrogen (secondary N) is 1. The molecule has 33 heavy (non-hydrogen) atoms. The van der Waals surface area contributed by atoms with Crippen LogP contribution in [0.15, 0.2) is 77.6 Å². The number of aryl methyl sites for hydroxylation is 2. The first kappa shape index (κ1) is 22.0. The molecule has 0 atom stereocenters. The van der Waals surface area contributed by atoms with Crippen molar-refractivity contribution in [2.45, 2.75) is 13.8 Å². The molecule has 1 heterocycles. The van der Waals surface area contributed by atoms with E-state index in [-0.39, 0.29) is 28.1 Å². The van der Waals surface area contributed by atoms with Gasteiger partial charge < -0.3 is 10.1 Å². The molecule has 1 N–H and O–H groups in total. The number of benzene rings is 3. The lowest BCUT2D eigenvalue weighted by Gasteiger charge is -2.19. The Morgan fingerprint density at radius 2 is 1.64 bits per heavy atom. The van der Waals surface area contributed by atoms with Gasteiger partial charge in [-0.05, 0) is 44.2 Å². The average Bonchev–Trinajstić information content (AvgIpc) is 2.82. The Bertz CT molecular complexity index is 1400. The minimum atomic E-state index is -0.699. The Kier molecular flexibility index (Phi) is 6.04. The standard InChI is InChI=1S/C26H22FN3O3/c1-16-12-14-18(15-13-16)30-25(28-26(32)19-8-4-6-10-21(19)27)23(24(31)17(2)29-30)20-9-5-7-11-22(20)33-3/h4-15H,1-3H3,(H,28,32). The molecule has 0 aliphatic heterocycles. The third kappa shape index (κ3) is 4.25. The summed E-state index contributed by atoms with van der Waals surface area (Å²) in [5.74, 6) is -0.794. The van der Waals surface area contributed by atoms with Crippen molar-refractivity contribution in [2.24, 2.45) is 0 Å². The van der Waals surface area contributed by atoms with Gasteiger partial charge in [0, 0.05) is 5.56 Å². The number of rotatable bonds is 5. The molecular weight excluding hydrogens is 421 g/mol. The van der Waals surface area contributed by atoms with Gasteiger partial charge in [0.2, 0.25) is 5.43 Å². The van der Waals surface area contributed by atoms with E-state index in [0.717, 1.165) is 5.56 Å². The van der Waals surface area contributed by atoms with Gasteiger partial charge in [-0.1, -0.05) is 48.0 Å². The molecule has 1 amide bonds. The van der Waals surface area contributed by atoms with Gasteiger partial charge in [0.25, 0.3) is 5.91 Å². The summed E-state index contributed by atoms with van der Waals surface area (Å²) in [7, 11) is 1.50. The Balaban J connectivity index is 2.01. The zero-order valence-electron chi connectivity index (χ0n) is 18.4. The number of amides is 1. The third-order valence-electron chi connectivity index (χ3n) is 5.26. The fraction of sp³-hybridized carbons (Fsp3) is 0.115. The zero-order valence-corrected chi connectivity index (χ0v) is 18.4. The molecule has 0 spiro atoms. The molecule has 7 heteroatoms. The molecule has 4 aromatic rings.